The Labute approximate surface area is 146 Å². The van der Waals surface area contributed by atoms with E-state index in [1.54, 1.807) is 0 Å². The Balaban J connectivity index is 1.51. The minimum atomic E-state index is -0.885. The monoisotopic (exact) mass is 344 g/mol. The van der Waals surface area contributed by atoms with Crippen LogP contribution in [0, 0.1) is 17.6 Å². The van der Waals surface area contributed by atoms with E-state index in [1.165, 1.54) is 18.2 Å². The highest BCUT2D eigenvalue weighted by Crippen LogP contribution is 2.24. The lowest BCUT2D eigenvalue weighted by molar-refractivity contribution is -0.116. The summed E-state index contributed by atoms with van der Waals surface area (Å²) in [5.74, 6) is -1.19. The van der Waals surface area contributed by atoms with E-state index in [1.807, 2.05) is 24.3 Å². The summed E-state index contributed by atoms with van der Waals surface area (Å²) in [6.45, 7) is 4.39. The minimum absolute atomic E-state index is 0.146. The average Bonchev–Trinajstić information content (AvgIpc) is 3.03. The van der Waals surface area contributed by atoms with Crippen molar-refractivity contribution in [3.8, 4) is 0 Å². The summed E-state index contributed by atoms with van der Waals surface area (Å²) in [7, 11) is 0. The molecule has 0 aliphatic carbocycles. The Morgan fingerprint density at radius 2 is 1.92 bits per heavy atom. The van der Waals surface area contributed by atoms with Crippen LogP contribution in [0.3, 0.4) is 0 Å². The number of amides is 1. The maximum Gasteiger partial charge on any atom is 0.224 e. The van der Waals surface area contributed by atoms with E-state index >= 15 is 0 Å². The first-order chi connectivity index (χ1) is 12.0. The van der Waals surface area contributed by atoms with E-state index < -0.39 is 11.6 Å². The van der Waals surface area contributed by atoms with Crippen molar-refractivity contribution in [2.24, 2.45) is 5.92 Å². The lowest BCUT2D eigenvalue weighted by atomic mass is 10.1. The molecule has 1 N–H and O–H groups in total. The number of nitrogens with one attached hydrogen (secondary N) is 1. The van der Waals surface area contributed by atoms with Crippen molar-refractivity contribution < 1.29 is 13.6 Å². The van der Waals surface area contributed by atoms with E-state index in [-0.39, 0.29) is 12.3 Å². The third kappa shape index (κ3) is 4.56. The summed E-state index contributed by atoms with van der Waals surface area (Å²) >= 11 is 0. The van der Waals surface area contributed by atoms with Crippen LogP contribution >= 0.6 is 0 Å². The minimum Gasteiger partial charge on any atom is -0.371 e. The zero-order valence-corrected chi connectivity index (χ0v) is 14.3. The smallest absolute Gasteiger partial charge is 0.224 e. The summed E-state index contributed by atoms with van der Waals surface area (Å²) in [5, 5.41) is 2.84. The van der Waals surface area contributed by atoms with Gasteiger partial charge in [-0.05, 0) is 60.7 Å². The van der Waals surface area contributed by atoms with Crippen LogP contribution in [-0.2, 0) is 11.2 Å². The number of halogens is 2. The molecule has 3 rings (SSSR count). The van der Waals surface area contributed by atoms with Crippen molar-refractivity contribution in [1.82, 2.24) is 0 Å². The van der Waals surface area contributed by atoms with Crippen molar-refractivity contribution in [2.45, 2.75) is 26.2 Å². The van der Waals surface area contributed by atoms with Crippen LogP contribution in [0.15, 0.2) is 42.5 Å². The van der Waals surface area contributed by atoms with Gasteiger partial charge in [0.15, 0.2) is 11.6 Å². The molecule has 2 aromatic carbocycles. The molecule has 1 atom stereocenters. The van der Waals surface area contributed by atoms with Crippen LogP contribution in [0.2, 0.25) is 0 Å². The fourth-order valence-electron chi connectivity index (χ4n) is 3.10. The number of anilines is 2. The fraction of sp³-hybridized carbons (Fsp3) is 0.350. The van der Waals surface area contributed by atoms with Crippen LogP contribution in [0.4, 0.5) is 20.2 Å². The van der Waals surface area contributed by atoms with Crippen molar-refractivity contribution in [3.05, 3.63) is 59.7 Å². The molecule has 1 amide bonds. The largest absolute Gasteiger partial charge is 0.371 e. The van der Waals surface area contributed by atoms with Crippen molar-refractivity contribution >= 4 is 17.3 Å². The number of hydrogen-bond donors (Lipinski definition) is 1. The van der Waals surface area contributed by atoms with Crippen LogP contribution < -0.4 is 10.2 Å². The molecule has 0 bridgehead atoms. The normalized spacial score (nSPS) is 16.9. The third-order valence-corrected chi connectivity index (χ3v) is 4.56. The fourth-order valence-corrected chi connectivity index (χ4v) is 3.10. The highest BCUT2D eigenvalue weighted by atomic mass is 19.2. The zero-order valence-electron chi connectivity index (χ0n) is 14.3. The summed E-state index contributed by atoms with van der Waals surface area (Å²) in [5.41, 5.74) is 2.52. The zero-order chi connectivity index (χ0) is 17.8. The van der Waals surface area contributed by atoms with Gasteiger partial charge in [-0.15, -0.1) is 0 Å². The summed E-state index contributed by atoms with van der Waals surface area (Å²) < 4.78 is 26.1. The van der Waals surface area contributed by atoms with Crippen molar-refractivity contribution in [3.63, 3.8) is 0 Å². The molecular weight excluding hydrogens is 322 g/mol. The van der Waals surface area contributed by atoms with Crippen LogP contribution in [0.1, 0.15) is 25.3 Å². The van der Waals surface area contributed by atoms with Crippen molar-refractivity contribution in [1.29, 1.82) is 0 Å². The van der Waals surface area contributed by atoms with E-state index in [0.29, 0.717) is 12.0 Å². The topological polar surface area (TPSA) is 32.3 Å². The summed E-state index contributed by atoms with van der Waals surface area (Å²) in [6.07, 6.45) is 1.80. The number of carbonyl (C=O) groups is 1. The Kier molecular flexibility index (Phi) is 5.31. The second-order valence-electron chi connectivity index (χ2n) is 6.68. The highest BCUT2D eigenvalue weighted by Gasteiger charge is 2.18. The number of aryl methyl sites for hydroxylation is 1. The maximum absolute atomic E-state index is 13.2. The number of nitrogens with zero attached hydrogens (tertiary/aromatic N) is 1. The molecule has 1 fully saturated rings. The molecule has 0 saturated carbocycles. The van der Waals surface area contributed by atoms with E-state index in [9.17, 15) is 13.6 Å². The molecule has 1 aliphatic rings. The molecule has 2 aromatic rings. The molecule has 0 radical (unpaired) electrons. The van der Waals surface area contributed by atoms with Gasteiger partial charge in [0.25, 0.3) is 0 Å². The molecule has 1 saturated heterocycles. The second-order valence-corrected chi connectivity index (χ2v) is 6.68. The number of rotatable bonds is 5. The molecule has 1 aliphatic heterocycles. The number of carbonyl (C=O) groups excluding carboxylic acids is 1. The van der Waals surface area contributed by atoms with Gasteiger partial charge in [-0.1, -0.05) is 13.0 Å². The van der Waals surface area contributed by atoms with Crippen LogP contribution in [0.5, 0.6) is 0 Å². The van der Waals surface area contributed by atoms with Gasteiger partial charge in [0.05, 0.1) is 0 Å². The molecule has 3 nitrogen and oxygen atoms in total. The predicted octanol–water partition coefficient (Wildman–Crippen LogP) is 4.38. The lowest BCUT2D eigenvalue weighted by Gasteiger charge is -2.18. The molecule has 0 spiro atoms. The molecular formula is C20H22F2N2O. The molecule has 132 valence electrons. The second kappa shape index (κ2) is 7.64. The quantitative estimate of drug-likeness (QED) is 0.873. The highest BCUT2D eigenvalue weighted by molar-refractivity contribution is 5.91. The van der Waals surface area contributed by atoms with Gasteiger partial charge in [0.1, 0.15) is 0 Å². The Bertz CT molecular complexity index is 746. The number of benzene rings is 2. The van der Waals surface area contributed by atoms with Crippen LogP contribution in [-0.4, -0.2) is 19.0 Å². The molecule has 1 heterocycles. The van der Waals surface area contributed by atoms with E-state index in [0.717, 1.165) is 36.8 Å². The van der Waals surface area contributed by atoms with Gasteiger partial charge >= 0.3 is 0 Å². The standard InChI is InChI=1S/C20H22F2N2O/c1-14-10-11-24(13-14)17-6-4-16(5-7-17)23-20(25)9-3-15-2-8-18(21)19(22)12-15/h2,4-8,12,14H,3,9-11,13H2,1H3,(H,23,25). The maximum atomic E-state index is 13.2. The molecule has 1 unspecified atom stereocenters. The number of hydrogen-bond acceptors (Lipinski definition) is 2. The SMILES string of the molecule is CC1CCN(c2ccc(NC(=O)CCc3ccc(F)c(F)c3)cc2)C1. The van der Waals surface area contributed by atoms with Gasteiger partial charge < -0.3 is 10.2 Å². The summed E-state index contributed by atoms with van der Waals surface area (Å²) in [6, 6.07) is 11.5. The third-order valence-electron chi connectivity index (χ3n) is 4.56. The summed E-state index contributed by atoms with van der Waals surface area (Å²) in [4.78, 5) is 14.4. The van der Waals surface area contributed by atoms with Gasteiger partial charge in [0.2, 0.25) is 5.91 Å². The first-order valence-corrected chi connectivity index (χ1v) is 8.60. The Morgan fingerprint density at radius 3 is 2.56 bits per heavy atom. The first kappa shape index (κ1) is 17.4. The van der Waals surface area contributed by atoms with Gasteiger partial charge in [0, 0.05) is 30.9 Å². The average molecular weight is 344 g/mol. The predicted molar refractivity (Wildman–Crippen MR) is 95.7 cm³/mol. The lowest BCUT2D eigenvalue weighted by Crippen LogP contribution is -2.19. The van der Waals surface area contributed by atoms with Crippen molar-refractivity contribution in [2.75, 3.05) is 23.3 Å². The Hall–Kier alpha value is -2.43. The van der Waals surface area contributed by atoms with Gasteiger partial charge in [-0.3, -0.25) is 4.79 Å². The van der Waals surface area contributed by atoms with Gasteiger partial charge in [-0.25, -0.2) is 8.78 Å². The first-order valence-electron chi connectivity index (χ1n) is 8.60. The van der Waals surface area contributed by atoms with E-state index in [4.69, 9.17) is 0 Å². The molecule has 5 heteroatoms. The van der Waals surface area contributed by atoms with E-state index in [2.05, 4.69) is 17.1 Å². The van der Waals surface area contributed by atoms with Crippen LogP contribution in [0.25, 0.3) is 0 Å². The molecule has 0 aromatic heterocycles. The Morgan fingerprint density at radius 1 is 1.16 bits per heavy atom. The molecule has 25 heavy (non-hydrogen) atoms. The van der Waals surface area contributed by atoms with Gasteiger partial charge in [-0.2, -0.15) is 0 Å².